The minimum Gasteiger partial charge on any atom is -0.491 e. The Hall–Kier alpha value is -1.55. The molecule has 0 bridgehead atoms. The van der Waals surface area contributed by atoms with E-state index in [1.54, 1.807) is 6.20 Å². The maximum absolute atomic E-state index is 5.68. The third kappa shape index (κ3) is 3.74. The van der Waals surface area contributed by atoms with E-state index in [1.807, 2.05) is 36.4 Å². The second-order valence-corrected chi connectivity index (χ2v) is 4.78. The molecule has 0 aliphatic rings. The third-order valence-electron chi connectivity index (χ3n) is 2.42. The Kier molecular flexibility index (Phi) is 4.59. The number of aryl methyl sites for hydroxylation is 1. The average Bonchev–Trinajstić information content (AvgIpc) is 2.38. The largest absolute Gasteiger partial charge is 0.491 e. The second kappa shape index (κ2) is 6.40. The van der Waals surface area contributed by atoms with Crippen molar-refractivity contribution in [3.8, 4) is 5.75 Å². The molecule has 0 spiro atoms. The molecule has 0 fully saturated rings. The molecule has 0 saturated heterocycles. The van der Waals surface area contributed by atoms with Gasteiger partial charge < -0.3 is 10.1 Å². The third-order valence-corrected chi connectivity index (χ3v) is 3.04. The van der Waals surface area contributed by atoms with Gasteiger partial charge in [-0.3, -0.25) is 0 Å². The summed E-state index contributed by atoms with van der Waals surface area (Å²) in [4.78, 5) is 4.18. The van der Waals surface area contributed by atoms with Crippen molar-refractivity contribution in [3.05, 3.63) is 52.6 Å². The van der Waals surface area contributed by atoms with E-state index in [-0.39, 0.29) is 0 Å². The summed E-state index contributed by atoms with van der Waals surface area (Å²) in [7, 11) is 0. The van der Waals surface area contributed by atoms with Gasteiger partial charge >= 0.3 is 0 Å². The number of hydrogen-bond acceptors (Lipinski definition) is 3. The summed E-state index contributed by atoms with van der Waals surface area (Å²) in [5.41, 5.74) is 1.21. The molecule has 94 valence electrons. The molecule has 0 unspecified atom stereocenters. The van der Waals surface area contributed by atoms with Crippen LogP contribution in [0.2, 0.25) is 0 Å². The SMILES string of the molecule is Cc1ccc(OCCNc2ccccn2)c(Br)c1. The lowest BCUT2D eigenvalue weighted by molar-refractivity contribution is 0.330. The number of halogens is 1. The van der Waals surface area contributed by atoms with Crippen LogP contribution in [0.15, 0.2) is 47.1 Å². The monoisotopic (exact) mass is 306 g/mol. The molecule has 3 nitrogen and oxygen atoms in total. The molecule has 0 atom stereocenters. The molecule has 1 aromatic heterocycles. The van der Waals surface area contributed by atoms with Crippen molar-refractivity contribution in [2.24, 2.45) is 0 Å². The highest BCUT2D eigenvalue weighted by molar-refractivity contribution is 9.10. The smallest absolute Gasteiger partial charge is 0.133 e. The highest BCUT2D eigenvalue weighted by Crippen LogP contribution is 2.25. The Morgan fingerprint density at radius 3 is 2.89 bits per heavy atom. The van der Waals surface area contributed by atoms with Crippen LogP contribution in [0.3, 0.4) is 0 Å². The fourth-order valence-electron chi connectivity index (χ4n) is 1.53. The highest BCUT2D eigenvalue weighted by Gasteiger charge is 2.00. The number of rotatable bonds is 5. The number of aromatic nitrogens is 1. The molecule has 4 heteroatoms. The Morgan fingerprint density at radius 1 is 1.28 bits per heavy atom. The molecule has 2 aromatic rings. The van der Waals surface area contributed by atoms with E-state index in [0.29, 0.717) is 6.61 Å². The zero-order valence-corrected chi connectivity index (χ0v) is 11.8. The number of nitrogens with zero attached hydrogens (tertiary/aromatic N) is 1. The van der Waals surface area contributed by atoms with Crippen molar-refractivity contribution in [2.75, 3.05) is 18.5 Å². The van der Waals surface area contributed by atoms with E-state index < -0.39 is 0 Å². The Balaban J connectivity index is 1.79. The van der Waals surface area contributed by atoms with E-state index in [9.17, 15) is 0 Å². The lowest BCUT2D eigenvalue weighted by atomic mass is 10.2. The number of hydrogen-bond donors (Lipinski definition) is 1. The maximum atomic E-state index is 5.68. The van der Waals surface area contributed by atoms with Gasteiger partial charge in [-0.15, -0.1) is 0 Å². The molecule has 0 radical (unpaired) electrons. The van der Waals surface area contributed by atoms with E-state index in [4.69, 9.17) is 4.74 Å². The van der Waals surface area contributed by atoms with Gasteiger partial charge in [0.05, 0.1) is 11.0 Å². The predicted molar refractivity (Wildman–Crippen MR) is 77.1 cm³/mol. The summed E-state index contributed by atoms with van der Waals surface area (Å²) in [6.45, 7) is 3.37. The van der Waals surface area contributed by atoms with Crippen LogP contribution in [-0.4, -0.2) is 18.1 Å². The van der Waals surface area contributed by atoms with E-state index >= 15 is 0 Å². The van der Waals surface area contributed by atoms with Crippen LogP contribution in [0.4, 0.5) is 5.82 Å². The minimum atomic E-state index is 0.595. The molecule has 18 heavy (non-hydrogen) atoms. The maximum Gasteiger partial charge on any atom is 0.133 e. The number of anilines is 1. The van der Waals surface area contributed by atoms with Crippen molar-refractivity contribution >= 4 is 21.7 Å². The summed E-state index contributed by atoms with van der Waals surface area (Å²) in [5.74, 6) is 1.73. The molecule has 1 heterocycles. The van der Waals surface area contributed by atoms with Gasteiger partial charge in [-0.25, -0.2) is 4.98 Å². The summed E-state index contributed by atoms with van der Waals surface area (Å²) in [6, 6.07) is 11.8. The van der Waals surface area contributed by atoms with Gasteiger partial charge in [0, 0.05) is 6.20 Å². The van der Waals surface area contributed by atoms with Gasteiger partial charge in [0.1, 0.15) is 18.2 Å². The number of pyridine rings is 1. The molecule has 1 aromatic carbocycles. The van der Waals surface area contributed by atoms with E-state index in [1.165, 1.54) is 5.56 Å². The van der Waals surface area contributed by atoms with Crippen LogP contribution < -0.4 is 10.1 Å². The van der Waals surface area contributed by atoms with Gasteiger partial charge in [0.15, 0.2) is 0 Å². The first-order chi connectivity index (χ1) is 8.75. The first-order valence-electron chi connectivity index (χ1n) is 5.79. The van der Waals surface area contributed by atoms with Gasteiger partial charge in [-0.1, -0.05) is 12.1 Å². The van der Waals surface area contributed by atoms with Crippen LogP contribution in [0, 0.1) is 6.92 Å². The van der Waals surface area contributed by atoms with Crippen molar-refractivity contribution < 1.29 is 4.74 Å². The quantitative estimate of drug-likeness (QED) is 0.856. The summed E-state index contributed by atoms with van der Waals surface area (Å²) in [5, 5.41) is 3.19. The van der Waals surface area contributed by atoms with E-state index in [0.717, 1.165) is 22.6 Å². The first kappa shape index (κ1) is 12.9. The Morgan fingerprint density at radius 2 is 2.17 bits per heavy atom. The lowest BCUT2D eigenvalue weighted by Crippen LogP contribution is -2.12. The van der Waals surface area contributed by atoms with Gasteiger partial charge in [-0.05, 0) is 52.7 Å². The van der Waals surface area contributed by atoms with Gasteiger partial charge in [0.25, 0.3) is 0 Å². The van der Waals surface area contributed by atoms with Crippen molar-refractivity contribution in [3.63, 3.8) is 0 Å². The summed E-state index contributed by atoms with van der Waals surface area (Å²) in [6.07, 6.45) is 1.76. The predicted octanol–water partition coefficient (Wildman–Crippen LogP) is 3.64. The molecule has 0 aliphatic carbocycles. The van der Waals surface area contributed by atoms with Crippen molar-refractivity contribution in [1.82, 2.24) is 4.98 Å². The van der Waals surface area contributed by atoms with Crippen LogP contribution in [-0.2, 0) is 0 Å². The molecule has 0 saturated carbocycles. The van der Waals surface area contributed by atoms with Gasteiger partial charge in [0.2, 0.25) is 0 Å². The fraction of sp³-hybridized carbons (Fsp3) is 0.214. The zero-order chi connectivity index (χ0) is 12.8. The van der Waals surface area contributed by atoms with Crippen LogP contribution in [0.1, 0.15) is 5.56 Å². The average molecular weight is 307 g/mol. The van der Waals surface area contributed by atoms with Gasteiger partial charge in [-0.2, -0.15) is 0 Å². The normalized spacial score (nSPS) is 10.1. The number of nitrogens with one attached hydrogen (secondary N) is 1. The standard InChI is InChI=1S/C14H15BrN2O/c1-11-5-6-13(12(15)10-11)18-9-8-17-14-4-2-3-7-16-14/h2-7,10H,8-9H2,1H3,(H,16,17). The summed E-state index contributed by atoms with van der Waals surface area (Å²) >= 11 is 3.49. The van der Waals surface area contributed by atoms with Crippen LogP contribution in [0.25, 0.3) is 0 Å². The molecule has 2 rings (SSSR count). The molecular formula is C14H15BrN2O. The molecular weight excluding hydrogens is 292 g/mol. The van der Waals surface area contributed by atoms with Crippen LogP contribution >= 0.6 is 15.9 Å². The number of ether oxygens (including phenoxy) is 1. The molecule has 0 aliphatic heterocycles. The zero-order valence-electron chi connectivity index (χ0n) is 10.2. The van der Waals surface area contributed by atoms with Crippen molar-refractivity contribution in [1.29, 1.82) is 0 Å². The van der Waals surface area contributed by atoms with E-state index in [2.05, 4.69) is 33.2 Å². The highest BCUT2D eigenvalue weighted by atomic mass is 79.9. The van der Waals surface area contributed by atoms with Crippen molar-refractivity contribution in [2.45, 2.75) is 6.92 Å². The Bertz CT molecular complexity index is 502. The fourth-order valence-corrected chi connectivity index (χ4v) is 2.14. The Labute approximate surface area is 115 Å². The molecule has 0 amide bonds. The lowest BCUT2D eigenvalue weighted by Gasteiger charge is -2.09. The molecule has 1 N–H and O–H groups in total. The minimum absolute atomic E-state index is 0.595. The topological polar surface area (TPSA) is 34.1 Å². The summed E-state index contributed by atoms with van der Waals surface area (Å²) < 4.78 is 6.66. The van der Waals surface area contributed by atoms with Crippen LogP contribution in [0.5, 0.6) is 5.75 Å². The number of benzene rings is 1. The first-order valence-corrected chi connectivity index (χ1v) is 6.59. The second-order valence-electron chi connectivity index (χ2n) is 3.92.